The lowest BCUT2D eigenvalue weighted by Gasteiger charge is -2.17. The van der Waals surface area contributed by atoms with Gasteiger partial charge in [0.1, 0.15) is 5.82 Å². The van der Waals surface area contributed by atoms with Crippen molar-refractivity contribution in [2.24, 2.45) is 0 Å². The molecule has 0 saturated carbocycles. The van der Waals surface area contributed by atoms with Crippen LogP contribution in [0.15, 0.2) is 65.6 Å². The first-order valence-corrected chi connectivity index (χ1v) is 11.1. The van der Waals surface area contributed by atoms with Gasteiger partial charge in [0.15, 0.2) is 9.84 Å². The SMILES string of the molecule is Cc1cc(F)ccc1Nc1cc(C(F)(F)F)ccc1C(=O)Nc1ccc(S(C)(=O)=O)cc1. The molecule has 2 N–H and O–H groups in total. The molecule has 3 aromatic carbocycles. The third-order valence-electron chi connectivity index (χ3n) is 4.59. The Morgan fingerprint density at radius 2 is 1.56 bits per heavy atom. The van der Waals surface area contributed by atoms with E-state index in [-0.39, 0.29) is 21.8 Å². The van der Waals surface area contributed by atoms with Gasteiger partial charge >= 0.3 is 6.18 Å². The van der Waals surface area contributed by atoms with Crippen LogP contribution in [0.25, 0.3) is 0 Å². The zero-order chi connectivity index (χ0) is 23.7. The highest BCUT2D eigenvalue weighted by atomic mass is 32.2. The topological polar surface area (TPSA) is 75.3 Å². The van der Waals surface area contributed by atoms with Crippen LogP contribution in [0.3, 0.4) is 0 Å². The third kappa shape index (κ3) is 5.44. The maximum atomic E-state index is 13.4. The molecule has 0 aliphatic rings. The molecule has 1 amide bonds. The maximum absolute atomic E-state index is 13.4. The van der Waals surface area contributed by atoms with Crippen LogP contribution in [0.5, 0.6) is 0 Å². The standard InChI is InChI=1S/C22H18F4N2O3S/c1-13-11-15(23)4-10-19(13)28-20-12-14(22(24,25)26)3-9-18(20)21(29)27-16-5-7-17(8-6-16)32(2,30)31/h3-12,28H,1-2H3,(H,27,29). The largest absolute Gasteiger partial charge is 0.416 e. The molecule has 0 unspecified atom stereocenters. The van der Waals surface area contributed by atoms with Crippen LogP contribution in [0.4, 0.5) is 34.6 Å². The highest BCUT2D eigenvalue weighted by molar-refractivity contribution is 7.90. The Hall–Kier alpha value is -3.40. The maximum Gasteiger partial charge on any atom is 0.416 e. The van der Waals surface area contributed by atoms with E-state index in [9.17, 15) is 30.8 Å². The number of anilines is 3. The molecule has 0 atom stereocenters. The van der Waals surface area contributed by atoms with Crippen LogP contribution >= 0.6 is 0 Å². The lowest BCUT2D eigenvalue weighted by atomic mass is 10.1. The summed E-state index contributed by atoms with van der Waals surface area (Å²) >= 11 is 0. The van der Waals surface area contributed by atoms with Gasteiger partial charge in [-0.25, -0.2) is 12.8 Å². The number of rotatable bonds is 5. The number of sulfone groups is 1. The number of benzene rings is 3. The number of alkyl halides is 3. The number of amides is 1. The molecule has 0 aliphatic carbocycles. The van der Waals surface area contributed by atoms with Gasteiger partial charge in [-0.3, -0.25) is 4.79 Å². The number of carbonyl (C=O) groups excluding carboxylic acids is 1. The van der Waals surface area contributed by atoms with Crippen molar-refractivity contribution < 1.29 is 30.8 Å². The molecule has 0 aromatic heterocycles. The van der Waals surface area contributed by atoms with Crippen molar-refractivity contribution in [3.63, 3.8) is 0 Å². The van der Waals surface area contributed by atoms with Crippen LogP contribution < -0.4 is 10.6 Å². The van der Waals surface area contributed by atoms with E-state index < -0.39 is 33.3 Å². The minimum Gasteiger partial charge on any atom is -0.355 e. The van der Waals surface area contributed by atoms with E-state index in [0.29, 0.717) is 11.3 Å². The molecule has 0 heterocycles. The van der Waals surface area contributed by atoms with Crippen molar-refractivity contribution >= 4 is 32.8 Å². The Balaban J connectivity index is 1.96. The molecule has 5 nitrogen and oxygen atoms in total. The number of halogens is 4. The first-order valence-electron chi connectivity index (χ1n) is 9.20. The number of aryl methyl sites for hydroxylation is 1. The van der Waals surface area contributed by atoms with E-state index in [0.717, 1.165) is 30.5 Å². The van der Waals surface area contributed by atoms with Gasteiger partial charge in [0.05, 0.1) is 21.7 Å². The fraction of sp³-hybridized carbons (Fsp3) is 0.136. The summed E-state index contributed by atoms with van der Waals surface area (Å²) in [6.07, 6.45) is -3.59. The van der Waals surface area contributed by atoms with Crippen molar-refractivity contribution in [3.8, 4) is 0 Å². The normalized spacial score (nSPS) is 11.8. The van der Waals surface area contributed by atoms with Gasteiger partial charge in [-0.2, -0.15) is 13.2 Å². The zero-order valence-electron chi connectivity index (χ0n) is 16.9. The van der Waals surface area contributed by atoms with E-state index in [1.54, 1.807) is 6.92 Å². The average molecular weight is 466 g/mol. The highest BCUT2D eigenvalue weighted by Gasteiger charge is 2.31. The molecular weight excluding hydrogens is 448 g/mol. The van der Waals surface area contributed by atoms with Crippen molar-refractivity contribution in [1.82, 2.24) is 0 Å². The summed E-state index contributed by atoms with van der Waals surface area (Å²) in [6.45, 7) is 1.57. The van der Waals surface area contributed by atoms with E-state index in [4.69, 9.17) is 0 Å². The molecule has 0 bridgehead atoms. The predicted molar refractivity (Wildman–Crippen MR) is 113 cm³/mol. The Labute approximate surface area is 182 Å². The van der Waals surface area contributed by atoms with Crippen LogP contribution in [0, 0.1) is 12.7 Å². The quantitative estimate of drug-likeness (QED) is 0.484. The van der Waals surface area contributed by atoms with Crippen LogP contribution in [-0.4, -0.2) is 20.6 Å². The van der Waals surface area contributed by atoms with E-state index >= 15 is 0 Å². The first-order chi connectivity index (χ1) is 14.8. The zero-order valence-corrected chi connectivity index (χ0v) is 17.7. The number of hydrogen-bond donors (Lipinski definition) is 2. The molecule has 0 fully saturated rings. The van der Waals surface area contributed by atoms with Crippen molar-refractivity contribution in [3.05, 3.63) is 83.2 Å². The van der Waals surface area contributed by atoms with Crippen LogP contribution in [0.1, 0.15) is 21.5 Å². The van der Waals surface area contributed by atoms with Crippen LogP contribution in [0.2, 0.25) is 0 Å². The molecule has 0 radical (unpaired) electrons. The van der Waals surface area contributed by atoms with Crippen LogP contribution in [-0.2, 0) is 16.0 Å². The molecule has 0 aliphatic heterocycles. The Morgan fingerprint density at radius 1 is 0.906 bits per heavy atom. The lowest BCUT2D eigenvalue weighted by Crippen LogP contribution is -2.15. The fourth-order valence-electron chi connectivity index (χ4n) is 2.92. The smallest absolute Gasteiger partial charge is 0.355 e. The van der Waals surface area contributed by atoms with Crippen molar-refractivity contribution in [2.75, 3.05) is 16.9 Å². The van der Waals surface area contributed by atoms with Gasteiger partial charge in [0.2, 0.25) is 0 Å². The van der Waals surface area contributed by atoms with E-state index in [2.05, 4.69) is 10.6 Å². The van der Waals surface area contributed by atoms with Gasteiger partial charge in [-0.05, 0) is 73.2 Å². The summed E-state index contributed by atoms with van der Waals surface area (Å²) in [5.41, 5.74) is -0.156. The Kier molecular flexibility index (Phi) is 6.27. The summed E-state index contributed by atoms with van der Waals surface area (Å²) < 4.78 is 76.2. The Morgan fingerprint density at radius 3 is 2.12 bits per heavy atom. The van der Waals surface area contributed by atoms with Gasteiger partial charge in [-0.1, -0.05) is 0 Å². The molecule has 0 saturated heterocycles. The average Bonchev–Trinajstić information content (AvgIpc) is 2.69. The van der Waals surface area contributed by atoms with Gasteiger partial charge < -0.3 is 10.6 Å². The first kappa shape index (κ1) is 23.3. The summed E-state index contributed by atoms with van der Waals surface area (Å²) in [5, 5.41) is 5.30. The highest BCUT2D eigenvalue weighted by Crippen LogP contribution is 2.34. The predicted octanol–water partition coefficient (Wildman–Crippen LogP) is 5.55. The van der Waals surface area contributed by atoms with E-state index in [1.165, 1.54) is 36.4 Å². The van der Waals surface area contributed by atoms with Gasteiger partial charge in [0.25, 0.3) is 5.91 Å². The second-order valence-corrected chi connectivity index (χ2v) is 9.11. The van der Waals surface area contributed by atoms with Crippen molar-refractivity contribution in [1.29, 1.82) is 0 Å². The summed E-state index contributed by atoms with van der Waals surface area (Å²) in [4.78, 5) is 12.9. The summed E-state index contributed by atoms with van der Waals surface area (Å²) in [7, 11) is -3.42. The second kappa shape index (κ2) is 8.62. The molecule has 3 rings (SSSR count). The number of carbonyl (C=O) groups is 1. The summed E-state index contributed by atoms with van der Waals surface area (Å²) in [5.74, 6) is -1.22. The second-order valence-electron chi connectivity index (χ2n) is 7.09. The molecule has 3 aromatic rings. The molecular formula is C22H18F4N2O3S. The summed E-state index contributed by atoms with van der Waals surface area (Å²) in [6, 6.07) is 11.7. The molecule has 0 spiro atoms. The van der Waals surface area contributed by atoms with Gasteiger partial charge in [0, 0.05) is 17.6 Å². The molecule has 10 heteroatoms. The fourth-order valence-corrected chi connectivity index (χ4v) is 3.55. The van der Waals surface area contributed by atoms with E-state index in [1.807, 2.05) is 0 Å². The minimum absolute atomic E-state index is 0.0548. The minimum atomic E-state index is -4.63. The van der Waals surface area contributed by atoms with Crippen molar-refractivity contribution in [2.45, 2.75) is 18.0 Å². The molecule has 168 valence electrons. The number of hydrogen-bond acceptors (Lipinski definition) is 4. The van der Waals surface area contributed by atoms with Gasteiger partial charge in [-0.15, -0.1) is 0 Å². The third-order valence-corrected chi connectivity index (χ3v) is 5.72. The molecule has 32 heavy (non-hydrogen) atoms. The monoisotopic (exact) mass is 466 g/mol. The Bertz CT molecular complexity index is 1270. The number of nitrogens with one attached hydrogen (secondary N) is 2. The lowest BCUT2D eigenvalue weighted by molar-refractivity contribution is -0.137.